The average molecular weight is 455 g/mol. The van der Waals surface area contributed by atoms with Gasteiger partial charge in [0.15, 0.2) is 0 Å². The fraction of sp³-hybridized carbons (Fsp3) is 0.231. The Morgan fingerprint density at radius 3 is 2.56 bits per heavy atom. The third-order valence-corrected chi connectivity index (χ3v) is 6.16. The highest BCUT2D eigenvalue weighted by atomic mass is 16.2. The zero-order valence-electron chi connectivity index (χ0n) is 19.2. The lowest BCUT2D eigenvalue weighted by molar-refractivity contribution is 0.262. The van der Waals surface area contributed by atoms with Crippen LogP contribution < -0.4 is 16.2 Å². The van der Waals surface area contributed by atoms with Crippen LogP contribution in [0.4, 0.5) is 16.3 Å². The van der Waals surface area contributed by atoms with Crippen molar-refractivity contribution >= 4 is 17.5 Å². The minimum absolute atomic E-state index is 0.151. The minimum Gasteiger partial charge on any atom is -0.308 e. The summed E-state index contributed by atoms with van der Waals surface area (Å²) in [6.07, 6.45) is 3.48. The number of nitrogens with one attached hydrogen (secondary N) is 3. The third kappa shape index (κ3) is 4.34. The Balaban J connectivity index is 1.51. The number of aryl methyl sites for hydroxylation is 3. The van der Waals surface area contributed by atoms with E-state index in [1.54, 1.807) is 6.07 Å². The first-order valence-electron chi connectivity index (χ1n) is 11.4. The van der Waals surface area contributed by atoms with Gasteiger partial charge in [0, 0.05) is 22.9 Å². The lowest BCUT2D eigenvalue weighted by atomic mass is 9.97. The van der Waals surface area contributed by atoms with Gasteiger partial charge in [-0.05, 0) is 62.8 Å². The van der Waals surface area contributed by atoms with Crippen molar-refractivity contribution in [1.82, 2.24) is 19.7 Å². The SMILES string of the molecule is Cc1ccc(NC(=O)Nc2cc(-c3ccccc3)nn2-c2nc3c(c(=O)[nH]2)CCCC3)cc1C. The molecule has 0 spiro atoms. The molecule has 0 aliphatic heterocycles. The summed E-state index contributed by atoms with van der Waals surface area (Å²) in [4.78, 5) is 33.1. The van der Waals surface area contributed by atoms with Gasteiger partial charge in [0.1, 0.15) is 5.82 Å². The molecule has 1 aliphatic carbocycles. The molecular formula is C26H26N6O2. The Labute approximate surface area is 197 Å². The summed E-state index contributed by atoms with van der Waals surface area (Å²) in [5.74, 6) is 0.688. The van der Waals surface area contributed by atoms with Crippen LogP contribution in [-0.4, -0.2) is 25.8 Å². The molecule has 0 atom stereocenters. The van der Waals surface area contributed by atoms with Gasteiger partial charge in [0.2, 0.25) is 5.95 Å². The molecule has 2 aromatic carbocycles. The predicted molar refractivity (Wildman–Crippen MR) is 133 cm³/mol. The van der Waals surface area contributed by atoms with Crippen molar-refractivity contribution in [2.45, 2.75) is 39.5 Å². The van der Waals surface area contributed by atoms with Crippen LogP contribution in [0.3, 0.4) is 0 Å². The van der Waals surface area contributed by atoms with Crippen LogP contribution in [0.15, 0.2) is 59.4 Å². The zero-order chi connectivity index (χ0) is 23.7. The van der Waals surface area contributed by atoms with Crippen LogP contribution in [0.2, 0.25) is 0 Å². The molecule has 0 saturated carbocycles. The Hall–Kier alpha value is -4.20. The lowest BCUT2D eigenvalue weighted by Gasteiger charge is -2.15. The number of hydrogen-bond acceptors (Lipinski definition) is 4. The summed E-state index contributed by atoms with van der Waals surface area (Å²) in [5, 5.41) is 10.4. The van der Waals surface area contributed by atoms with Crippen molar-refractivity contribution < 1.29 is 4.79 Å². The standard InChI is InChI=1S/C26H26N6O2/c1-16-12-13-19(14-17(16)2)27-26(34)29-23-15-22(18-8-4-3-5-9-18)31-32(23)25-28-21-11-7-6-10-20(21)24(33)30-25/h3-5,8-9,12-15H,6-7,10-11H2,1-2H3,(H2,27,29,34)(H,28,30,33). The van der Waals surface area contributed by atoms with Crippen LogP contribution in [0.1, 0.15) is 35.2 Å². The summed E-state index contributed by atoms with van der Waals surface area (Å²) in [6.45, 7) is 4.02. The number of H-pyrrole nitrogens is 1. The molecule has 2 heterocycles. The van der Waals surface area contributed by atoms with E-state index in [2.05, 4.69) is 20.7 Å². The van der Waals surface area contributed by atoms with Crippen molar-refractivity contribution in [3.8, 4) is 17.2 Å². The van der Waals surface area contributed by atoms with Gasteiger partial charge in [-0.15, -0.1) is 0 Å². The minimum atomic E-state index is -0.413. The fourth-order valence-corrected chi connectivity index (χ4v) is 4.17. The molecule has 0 radical (unpaired) electrons. The second-order valence-electron chi connectivity index (χ2n) is 8.59. The molecule has 2 amide bonds. The first-order valence-corrected chi connectivity index (χ1v) is 11.4. The molecule has 5 rings (SSSR count). The van der Waals surface area contributed by atoms with Crippen LogP contribution in [0.25, 0.3) is 17.2 Å². The van der Waals surface area contributed by atoms with E-state index in [0.717, 1.165) is 53.6 Å². The molecule has 8 heteroatoms. The van der Waals surface area contributed by atoms with Gasteiger partial charge in [-0.1, -0.05) is 36.4 Å². The van der Waals surface area contributed by atoms with Gasteiger partial charge in [-0.2, -0.15) is 9.78 Å². The van der Waals surface area contributed by atoms with Crippen molar-refractivity contribution in [1.29, 1.82) is 0 Å². The monoisotopic (exact) mass is 454 g/mol. The van der Waals surface area contributed by atoms with E-state index in [-0.39, 0.29) is 11.5 Å². The van der Waals surface area contributed by atoms with E-state index < -0.39 is 6.03 Å². The normalized spacial score (nSPS) is 12.8. The Morgan fingerprint density at radius 2 is 1.76 bits per heavy atom. The number of carbonyl (C=O) groups is 1. The number of aromatic amines is 1. The maximum absolute atomic E-state index is 12.9. The van der Waals surface area contributed by atoms with Crippen LogP contribution in [0.5, 0.6) is 0 Å². The van der Waals surface area contributed by atoms with Gasteiger partial charge >= 0.3 is 6.03 Å². The average Bonchev–Trinajstić information content (AvgIpc) is 3.25. The fourth-order valence-electron chi connectivity index (χ4n) is 4.17. The summed E-state index contributed by atoms with van der Waals surface area (Å²) in [7, 11) is 0. The molecule has 3 N–H and O–H groups in total. The number of urea groups is 1. The van der Waals surface area contributed by atoms with Gasteiger partial charge < -0.3 is 5.32 Å². The molecule has 0 fully saturated rings. The van der Waals surface area contributed by atoms with E-state index in [1.165, 1.54) is 4.68 Å². The van der Waals surface area contributed by atoms with E-state index in [1.807, 2.05) is 62.4 Å². The highest BCUT2D eigenvalue weighted by Crippen LogP contribution is 2.25. The Kier molecular flexibility index (Phi) is 5.71. The summed E-state index contributed by atoms with van der Waals surface area (Å²) < 4.78 is 1.48. The molecule has 0 bridgehead atoms. The molecule has 2 aromatic heterocycles. The zero-order valence-corrected chi connectivity index (χ0v) is 19.2. The van der Waals surface area contributed by atoms with Crippen molar-refractivity contribution in [3.63, 3.8) is 0 Å². The second-order valence-corrected chi connectivity index (χ2v) is 8.59. The van der Waals surface area contributed by atoms with Crippen LogP contribution in [0, 0.1) is 13.8 Å². The summed E-state index contributed by atoms with van der Waals surface area (Å²) >= 11 is 0. The van der Waals surface area contributed by atoms with Gasteiger partial charge in [-0.25, -0.2) is 9.78 Å². The number of aromatic nitrogens is 4. The molecule has 0 unspecified atom stereocenters. The Morgan fingerprint density at radius 1 is 0.971 bits per heavy atom. The number of anilines is 2. The quantitative estimate of drug-likeness (QED) is 0.413. The Bertz CT molecular complexity index is 1420. The maximum atomic E-state index is 12.9. The molecule has 1 aliphatic rings. The van der Waals surface area contributed by atoms with Crippen LogP contribution >= 0.6 is 0 Å². The molecule has 172 valence electrons. The molecule has 34 heavy (non-hydrogen) atoms. The largest absolute Gasteiger partial charge is 0.324 e. The number of nitrogens with zero attached hydrogens (tertiary/aromatic N) is 3. The van der Waals surface area contributed by atoms with Gasteiger partial charge in [0.25, 0.3) is 5.56 Å². The maximum Gasteiger partial charge on any atom is 0.324 e. The van der Waals surface area contributed by atoms with Gasteiger partial charge in [-0.3, -0.25) is 15.1 Å². The third-order valence-electron chi connectivity index (χ3n) is 6.16. The molecule has 4 aromatic rings. The molecule has 8 nitrogen and oxygen atoms in total. The topological polar surface area (TPSA) is 105 Å². The number of rotatable bonds is 4. The highest BCUT2D eigenvalue weighted by Gasteiger charge is 2.20. The first-order chi connectivity index (χ1) is 16.5. The lowest BCUT2D eigenvalue weighted by Crippen LogP contribution is -2.25. The smallest absolute Gasteiger partial charge is 0.308 e. The first kappa shape index (κ1) is 21.6. The number of benzene rings is 2. The van der Waals surface area contributed by atoms with E-state index in [0.29, 0.717) is 17.2 Å². The molecule has 0 saturated heterocycles. The predicted octanol–water partition coefficient (Wildman–Crippen LogP) is 4.76. The van der Waals surface area contributed by atoms with Crippen molar-refractivity contribution in [2.24, 2.45) is 0 Å². The van der Waals surface area contributed by atoms with Crippen molar-refractivity contribution in [3.05, 3.63) is 87.3 Å². The van der Waals surface area contributed by atoms with Crippen LogP contribution in [-0.2, 0) is 12.8 Å². The summed E-state index contributed by atoms with van der Waals surface area (Å²) in [6, 6.07) is 16.8. The van der Waals surface area contributed by atoms with Gasteiger partial charge in [0.05, 0.1) is 11.4 Å². The van der Waals surface area contributed by atoms with Crippen molar-refractivity contribution in [2.75, 3.05) is 10.6 Å². The number of fused-ring (bicyclic) bond motifs is 1. The number of hydrogen-bond donors (Lipinski definition) is 3. The number of amides is 2. The summed E-state index contributed by atoms with van der Waals surface area (Å²) in [5.41, 5.74) is 5.86. The number of carbonyl (C=O) groups excluding carboxylic acids is 1. The highest BCUT2D eigenvalue weighted by molar-refractivity contribution is 5.99. The van der Waals surface area contributed by atoms with E-state index >= 15 is 0 Å². The molecular weight excluding hydrogens is 428 g/mol. The van der Waals surface area contributed by atoms with E-state index in [4.69, 9.17) is 4.98 Å². The van der Waals surface area contributed by atoms with E-state index in [9.17, 15) is 9.59 Å². The second kappa shape index (κ2) is 8.97.